The van der Waals surface area contributed by atoms with E-state index < -0.39 is 0 Å². The van der Waals surface area contributed by atoms with E-state index in [4.69, 9.17) is 4.74 Å². The molecule has 6 nitrogen and oxygen atoms in total. The highest BCUT2D eigenvalue weighted by Gasteiger charge is 2.15. The molecule has 1 aromatic carbocycles. The van der Waals surface area contributed by atoms with Crippen molar-refractivity contribution in [3.8, 4) is 5.75 Å². The van der Waals surface area contributed by atoms with Crippen molar-refractivity contribution >= 4 is 17.5 Å². The highest BCUT2D eigenvalue weighted by Crippen LogP contribution is 2.26. The molecule has 0 aliphatic carbocycles. The second-order valence-corrected chi connectivity index (χ2v) is 6.24. The minimum Gasteiger partial charge on any atom is -0.494 e. The zero-order chi connectivity index (χ0) is 18.2. The molecule has 0 spiro atoms. The maximum absolute atomic E-state index is 11.8. The molecule has 2 aromatic rings. The van der Waals surface area contributed by atoms with E-state index in [-0.39, 0.29) is 11.8 Å². The van der Waals surface area contributed by atoms with Crippen molar-refractivity contribution in [1.29, 1.82) is 0 Å². The van der Waals surface area contributed by atoms with Crippen molar-refractivity contribution in [3.05, 3.63) is 53.9 Å². The molecule has 1 aromatic heterocycles. The predicted octanol–water partition coefficient (Wildman–Crippen LogP) is 2.48. The van der Waals surface area contributed by atoms with Gasteiger partial charge in [-0.05, 0) is 48.7 Å². The summed E-state index contributed by atoms with van der Waals surface area (Å²) in [5, 5.41) is 5.75. The molecule has 2 heterocycles. The number of nitrogens with zero attached hydrogens (tertiary/aromatic N) is 1. The lowest BCUT2D eigenvalue weighted by Crippen LogP contribution is -2.26. The van der Waals surface area contributed by atoms with E-state index in [0.29, 0.717) is 32.4 Å². The summed E-state index contributed by atoms with van der Waals surface area (Å²) in [6.45, 7) is 1.08. The van der Waals surface area contributed by atoms with Gasteiger partial charge in [-0.2, -0.15) is 0 Å². The highest BCUT2D eigenvalue weighted by molar-refractivity contribution is 5.94. The predicted molar refractivity (Wildman–Crippen MR) is 99.1 cm³/mol. The van der Waals surface area contributed by atoms with Crippen LogP contribution in [0.15, 0.2) is 42.6 Å². The Labute approximate surface area is 153 Å². The smallest absolute Gasteiger partial charge is 0.224 e. The van der Waals surface area contributed by atoms with Crippen LogP contribution in [0.3, 0.4) is 0 Å². The van der Waals surface area contributed by atoms with Gasteiger partial charge in [0.25, 0.3) is 0 Å². The number of rotatable bonds is 8. The number of amides is 2. The lowest BCUT2D eigenvalue weighted by molar-refractivity contribution is -0.121. The van der Waals surface area contributed by atoms with Crippen molar-refractivity contribution in [2.75, 3.05) is 18.5 Å². The molecule has 0 bridgehead atoms. The molecule has 1 aliphatic heterocycles. The van der Waals surface area contributed by atoms with E-state index in [1.165, 1.54) is 0 Å². The molecule has 26 heavy (non-hydrogen) atoms. The van der Waals surface area contributed by atoms with Gasteiger partial charge < -0.3 is 15.4 Å². The molecule has 0 fully saturated rings. The molecule has 136 valence electrons. The second-order valence-electron chi connectivity index (χ2n) is 6.24. The Morgan fingerprint density at radius 3 is 3.00 bits per heavy atom. The number of anilines is 1. The van der Waals surface area contributed by atoms with E-state index in [0.717, 1.165) is 35.5 Å². The van der Waals surface area contributed by atoms with Gasteiger partial charge in [-0.15, -0.1) is 0 Å². The van der Waals surface area contributed by atoms with Crippen molar-refractivity contribution in [1.82, 2.24) is 10.3 Å². The summed E-state index contributed by atoms with van der Waals surface area (Å²) in [6, 6.07) is 11.4. The average molecular weight is 353 g/mol. The monoisotopic (exact) mass is 353 g/mol. The van der Waals surface area contributed by atoms with Crippen LogP contribution in [0.4, 0.5) is 5.69 Å². The number of ether oxygens (including phenoxy) is 1. The van der Waals surface area contributed by atoms with Crippen LogP contribution in [0.25, 0.3) is 0 Å². The van der Waals surface area contributed by atoms with E-state index in [2.05, 4.69) is 15.6 Å². The molecule has 0 atom stereocenters. The first-order valence-corrected chi connectivity index (χ1v) is 8.93. The summed E-state index contributed by atoms with van der Waals surface area (Å²) in [5.74, 6) is 0.855. The summed E-state index contributed by atoms with van der Waals surface area (Å²) in [6.07, 6.45) is 4.82. The molecule has 0 saturated carbocycles. The second kappa shape index (κ2) is 8.99. The third-order valence-corrected chi connectivity index (χ3v) is 4.22. The lowest BCUT2D eigenvalue weighted by Gasteiger charge is -2.17. The first-order chi connectivity index (χ1) is 12.7. The van der Waals surface area contributed by atoms with Crippen LogP contribution in [0, 0.1) is 0 Å². The Hall–Kier alpha value is -2.89. The van der Waals surface area contributed by atoms with E-state index in [1.807, 2.05) is 36.4 Å². The summed E-state index contributed by atoms with van der Waals surface area (Å²) < 4.78 is 5.72. The number of aryl methyl sites for hydroxylation is 1. The minimum atomic E-state index is 0.0256. The fourth-order valence-corrected chi connectivity index (χ4v) is 2.84. The third-order valence-electron chi connectivity index (χ3n) is 4.22. The number of carbonyl (C=O) groups excluding carboxylic acids is 2. The Morgan fingerprint density at radius 1 is 1.23 bits per heavy atom. The summed E-state index contributed by atoms with van der Waals surface area (Å²) >= 11 is 0. The van der Waals surface area contributed by atoms with Crippen LogP contribution in [0.2, 0.25) is 0 Å². The first-order valence-electron chi connectivity index (χ1n) is 8.93. The zero-order valence-electron chi connectivity index (χ0n) is 14.7. The fraction of sp³-hybridized carbons (Fsp3) is 0.350. The molecule has 3 rings (SSSR count). The normalized spacial score (nSPS) is 12.8. The Bertz CT molecular complexity index is 762. The standard InChI is InChI=1S/C20H23N3O3/c24-19(22-12-10-16-4-1-2-11-21-16)5-3-13-26-17-7-8-18-15(14-17)6-9-20(25)23-18/h1-2,4,7-8,11,14H,3,5-6,9-10,12-13H2,(H,22,24)(H,23,25). The van der Waals surface area contributed by atoms with Crippen molar-refractivity contribution in [2.24, 2.45) is 0 Å². The Morgan fingerprint density at radius 2 is 2.15 bits per heavy atom. The molecule has 2 amide bonds. The first kappa shape index (κ1) is 17.9. The number of fused-ring (bicyclic) bond motifs is 1. The molecule has 0 unspecified atom stereocenters. The number of benzene rings is 1. The maximum Gasteiger partial charge on any atom is 0.224 e. The van der Waals surface area contributed by atoms with Gasteiger partial charge in [-0.25, -0.2) is 0 Å². The van der Waals surface area contributed by atoms with Crippen LogP contribution < -0.4 is 15.4 Å². The molecular weight excluding hydrogens is 330 g/mol. The van der Waals surface area contributed by atoms with Gasteiger partial charge in [-0.1, -0.05) is 6.07 Å². The number of hydrogen-bond donors (Lipinski definition) is 2. The summed E-state index contributed by atoms with van der Waals surface area (Å²) in [4.78, 5) is 27.4. The zero-order valence-corrected chi connectivity index (χ0v) is 14.7. The van der Waals surface area contributed by atoms with Gasteiger partial charge in [0.1, 0.15) is 5.75 Å². The molecule has 6 heteroatoms. The summed E-state index contributed by atoms with van der Waals surface area (Å²) in [7, 11) is 0. The summed E-state index contributed by atoms with van der Waals surface area (Å²) in [5.41, 5.74) is 2.93. The number of pyridine rings is 1. The van der Waals surface area contributed by atoms with Gasteiger partial charge in [0.15, 0.2) is 0 Å². The van der Waals surface area contributed by atoms with Gasteiger partial charge in [0.05, 0.1) is 6.61 Å². The van der Waals surface area contributed by atoms with Crippen LogP contribution >= 0.6 is 0 Å². The maximum atomic E-state index is 11.8. The van der Waals surface area contributed by atoms with Crippen molar-refractivity contribution in [2.45, 2.75) is 32.1 Å². The van der Waals surface area contributed by atoms with Crippen LogP contribution in [-0.2, 0) is 22.4 Å². The largest absolute Gasteiger partial charge is 0.494 e. The average Bonchev–Trinajstić information content (AvgIpc) is 2.66. The molecule has 2 N–H and O–H groups in total. The van der Waals surface area contributed by atoms with Crippen LogP contribution in [0.1, 0.15) is 30.5 Å². The Kier molecular flexibility index (Phi) is 6.19. The van der Waals surface area contributed by atoms with E-state index in [1.54, 1.807) is 6.20 Å². The Balaban J connectivity index is 1.32. The molecular formula is C20H23N3O3. The fourth-order valence-electron chi connectivity index (χ4n) is 2.84. The van der Waals surface area contributed by atoms with Gasteiger partial charge in [0.2, 0.25) is 11.8 Å². The number of nitrogens with one attached hydrogen (secondary N) is 2. The van der Waals surface area contributed by atoms with E-state index in [9.17, 15) is 9.59 Å². The molecule has 0 radical (unpaired) electrons. The molecule has 0 saturated heterocycles. The lowest BCUT2D eigenvalue weighted by atomic mass is 10.0. The quantitative estimate of drug-likeness (QED) is 0.715. The number of aromatic nitrogens is 1. The van der Waals surface area contributed by atoms with Gasteiger partial charge in [-0.3, -0.25) is 14.6 Å². The van der Waals surface area contributed by atoms with Crippen LogP contribution in [0.5, 0.6) is 5.75 Å². The molecule has 1 aliphatic rings. The minimum absolute atomic E-state index is 0.0256. The van der Waals surface area contributed by atoms with Gasteiger partial charge >= 0.3 is 0 Å². The van der Waals surface area contributed by atoms with Gasteiger partial charge in [0, 0.05) is 43.4 Å². The topological polar surface area (TPSA) is 80.3 Å². The van der Waals surface area contributed by atoms with E-state index >= 15 is 0 Å². The highest BCUT2D eigenvalue weighted by atomic mass is 16.5. The van der Waals surface area contributed by atoms with Crippen molar-refractivity contribution in [3.63, 3.8) is 0 Å². The van der Waals surface area contributed by atoms with Crippen LogP contribution in [-0.4, -0.2) is 29.9 Å². The number of carbonyl (C=O) groups is 2. The van der Waals surface area contributed by atoms with Crippen molar-refractivity contribution < 1.29 is 14.3 Å². The SMILES string of the molecule is O=C(CCCOc1ccc2c(c1)CCC(=O)N2)NCCc1ccccn1. The third kappa shape index (κ3) is 5.31. The number of hydrogen-bond acceptors (Lipinski definition) is 4.